The first-order valence-corrected chi connectivity index (χ1v) is 9.25. The highest BCUT2D eigenvalue weighted by molar-refractivity contribution is 14.0. The zero-order chi connectivity index (χ0) is 18.9. The Hall–Kier alpha value is -1.58. The lowest BCUT2D eigenvalue weighted by Crippen LogP contribution is -2.53. The summed E-state index contributed by atoms with van der Waals surface area (Å²) in [5.74, 6) is 0.555. The number of hydrogen-bond acceptors (Lipinski definition) is 3. The molecule has 1 heterocycles. The number of halogens is 2. The summed E-state index contributed by atoms with van der Waals surface area (Å²) in [4.78, 5) is 22.1. The molecule has 1 N–H and O–H groups in total. The van der Waals surface area contributed by atoms with E-state index in [2.05, 4.69) is 27.0 Å². The fourth-order valence-electron chi connectivity index (χ4n) is 2.80. The topological polar surface area (TPSA) is 51.2 Å². The number of carbonyl (C=O) groups is 1. The molecular formula is C19H31FIN5O. The number of amides is 1. The van der Waals surface area contributed by atoms with Gasteiger partial charge in [0.2, 0.25) is 5.91 Å². The van der Waals surface area contributed by atoms with Gasteiger partial charge in [0.05, 0.1) is 5.69 Å². The molecule has 0 aromatic heterocycles. The number of nitrogens with one attached hydrogen (secondary N) is 1. The number of likely N-dealkylation sites (N-methyl/N-ethyl adjacent to an activating group) is 1. The van der Waals surface area contributed by atoms with Crippen LogP contribution in [0.5, 0.6) is 0 Å². The van der Waals surface area contributed by atoms with Gasteiger partial charge in [-0.1, -0.05) is 25.5 Å². The van der Waals surface area contributed by atoms with Crippen LogP contribution in [0.2, 0.25) is 0 Å². The van der Waals surface area contributed by atoms with E-state index in [4.69, 9.17) is 0 Å². The van der Waals surface area contributed by atoms with Crippen LogP contribution in [0.15, 0.2) is 29.3 Å². The summed E-state index contributed by atoms with van der Waals surface area (Å²) in [6.07, 6.45) is 2.15. The standard InChI is InChI=1S/C19H30FN5O.HI/c1-4-5-10-21-19(22-15-18(26)23(2)3)25-13-11-24(12-14-25)17-9-7-6-8-16(17)20;/h6-9H,4-5,10-15H2,1-3H3,(H,21,22);1H. The summed E-state index contributed by atoms with van der Waals surface area (Å²) >= 11 is 0. The minimum absolute atomic E-state index is 0. The Bertz CT molecular complexity index is 618. The fraction of sp³-hybridized carbons (Fsp3) is 0.579. The van der Waals surface area contributed by atoms with E-state index in [1.54, 1.807) is 25.1 Å². The molecule has 152 valence electrons. The highest BCUT2D eigenvalue weighted by Crippen LogP contribution is 2.20. The quantitative estimate of drug-likeness (QED) is 0.288. The fourth-order valence-corrected chi connectivity index (χ4v) is 2.80. The van der Waals surface area contributed by atoms with Crippen molar-refractivity contribution < 1.29 is 9.18 Å². The minimum atomic E-state index is -0.188. The molecule has 1 fully saturated rings. The van der Waals surface area contributed by atoms with Crippen molar-refractivity contribution in [3.63, 3.8) is 0 Å². The first-order chi connectivity index (χ1) is 12.5. The van der Waals surface area contributed by atoms with Gasteiger partial charge in [-0.15, -0.1) is 24.0 Å². The molecule has 1 aromatic carbocycles. The summed E-state index contributed by atoms with van der Waals surface area (Å²) < 4.78 is 14.0. The van der Waals surface area contributed by atoms with E-state index in [0.29, 0.717) is 5.69 Å². The summed E-state index contributed by atoms with van der Waals surface area (Å²) in [5.41, 5.74) is 0.646. The lowest BCUT2D eigenvalue weighted by Gasteiger charge is -2.37. The maximum absolute atomic E-state index is 14.0. The molecular weight excluding hydrogens is 460 g/mol. The number of unbranched alkanes of at least 4 members (excludes halogenated alkanes) is 1. The van der Waals surface area contributed by atoms with Crippen molar-refractivity contribution in [3.05, 3.63) is 30.1 Å². The van der Waals surface area contributed by atoms with Crippen molar-refractivity contribution in [2.75, 3.05) is 58.3 Å². The summed E-state index contributed by atoms with van der Waals surface area (Å²) in [7, 11) is 3.46. The second-order valence-corrected chi connectivity index (χ2v) is 6.63. The Balaban J connectivity index is 0.00000364. The van der Waals surface area contributed by atoms with E-state index in [0.717, 1.165) is 51.5 Å². The molecule has 6 nitrogen and oxygen atoms in total. The Morgan fingerprint density at radius 3 is 2.48 bits per heavy atom. The molecule has 1 aliphatic heterocycles. The maximum Gasteiger partial charge on any atom is 0.243 e. The van der Waals surface area contributed by atoms with Gasteiger partial charge >= 0.3 is 0 Å². The number of hydrogen-bond donors (Lipinski definition) is 1. The smallest absolute Gasteiger partial charge is 0.243 e. The van der Waals surface area contributed by atoms with Gasteiger partial charge in [0.25, 0.3) is 0 Å². The zero-order valence-corrected chi connectivity index (χ0v) is 18.8. The number of piperazine rings is 1. The molecule has 1 amide bonds. The molecule has 1 saturated heterocycles. The zero-order valence-electron chi connectivity index (χ0n) is 16.4. The Kier molecular flexibility index (Phi) is 10.4. The van der Waals surface area contributed by atoms with Crippen molar-refractivity contribution in [1.29, 1.82) is 0 Å². The van der Waals surface area contributed by atoms with E-state index < -0.39 is 0 Å². The van der Waals surface area contributed by atoms with Crippen LogP contribution >= 0.6 is 24.0 Å². The van der Waals surface area contributed by atoms with Gasteiger partial charge in [-0.25, -0.2) is 9.38 Å². The first kappa shape index (κ1) is 23.5. The summed E-state index contributed by atoms with van der Waals surface area (Å²) in [5, 5.41) is 3.36. The second-order valence-electron chi connectivity index (χ2n) is 6.63. The van der Waals surface area contributed by atoms with Crippen molar-refractivity contribution in [1.82, 2.24) is 15.1 Å². The van der Waals surface area contributed by atoms with E-state index in [1.165, 1.54) is 6.07 Å². The summed E-state index contributed by atoms with van der Waals surface area (Å²) in [6.45, 7) is 6.02. The van der Waals surface area contributed by atoms with Crippen LogP contribution in [0.1, 0.15) is 19.8 Å². The number of aliphatic imine (C=N–C) groups is 1. The van der Waals surface area contributed by atoms with Crippen LogP contribution < -0.4 is 10.2 Å². The molecule has 0 radical (unpaired) electrons. The number of nitrogens with zero attached hydrogens (tertiary/aromatic N) is 4. The predicted octanol–water partition coefficient (Wildman–Crippen LogP) is 2.40. The highest BCUT2D eigenvalue weighted by atomic mass is 127. The van der Waals surface area contributed by atoms with Crippen LogP contribution in [0.3, 0.4) is 0 Å². The Morgan fingerprint density at radius 1 is 1.22 bits per heavy atom. The van der Waals surface area contributed by atoms with Gasteiger partial charge in [-0.05, 0) is 18.6 Å². The summed E-state index contributed by atoms with van der Waals surface area (Å²) in [6, 6.07) is 6.87. The third-order valence-corrected chi connectivity index (χ3v) is 4.45. The lowest BCUT2D eigenvalue weighted by atomic mass is 10.2. The predicted molar refractivity (Wildman–Crippen MR) is 120 cm³/mol. The van der Waals surface area contributed by atoms with Gasteiger partial charge in [-0.2, -0.15) is 0 Å². The average Bonchev–Trinajstić information content (AvgIpc) is 2.65. The third-order valence-electron chi connectivity index (χ3n) is 4.45. The molecule has 0 atom stereocenters. The number of guanidine groups is 1. The molecule has 27 heavy (non-hydrogen) atoms. The molecule has 0 spiro atoms. The molecule has 0 saturated carbocycles. The number of rotatable bonds is 6. The molecule has 0 bridgehead atoms. The monoisotopic (exact) mass is 491 g/mol. The molecule has 8 heteroatoms. The SMILES string of the molecule is CCCCNC(=NCC(=O)N(C)C)N1CCN(c2ccccc2F)CC1.I. The van der Waals surface area contributed by atoms with E-state index in [-0.39, 0.29) is 42.2 Å². The van der Waals surface area contributed by atoms with Crippen LogP contribution in [-0.2, 0) is 4.79 Å². The maximum atomic E-state index is 14.0. The highest BCUT2D eigenvalue weighted by Gasteiger charge is 2.21. The molecule has 0 aliphatic carbocycles. The van der Waals surface area contributed by atoms with Crippen molar-refractivity contribution in [3.8, 4) is 0 Å². The van der Waals surface area contributed by atoms with Crippen LogP contribution in [0.4, 0.5) is 10.1 Å². The number of anilines is 1. The van der Waals surface area contributed by atoms with Crippen molar-refractivity contribution >= 4 is 41.5 Å². The van der Waals surface area contributed by atoms with E-state index in [1.807, 2.05) is 12.1 Å². The van der Waals surface area contributed by atoms with Gasteiger partial charge in [0.15, 0.2) is 5.96 Å². The van der Waals surface area contributed by atoms with Gasteiger partial charge in [0.1, 0.15) is 12.4 Å². The minimum Gasteiger partial charge on any atom is -0.366 e. The third kappa shape index (κ3) is 7.15. The normalized spacial score (nSPS) is 14.6. The van der Waals surface area contributed by atoms with Gasteiger partial charge in [0, 0.05) is 46.8 Å². The van der Waals surface area contributed by atoms with Crippen molar-refractivity contribution in [2.45, 2.75) is 19.8 Å². The van der Waals surface area contributed by atoms with Crippen LogP contribution in [0, 0.1) is 5.82 Å². The Labute approximate surface area is 178 Å². The molecule has 1 aromatic rings. The van der Waals surface area contributed by atoms with Crippen molar-refractivity contribution in [2.24, 2.45) is 4.99 Å². The van der Waals surface area contributed by atoms with Crippen LogP contribution in [0.25, 0.3) is 0 Å². The molecule has 1 aliphatic rings. The number of para-hydroxylation sites is 1. The number of carbonyl (C=O) groups excluding carboxylic acids is 1. The van der Waals surface area contributed by atoms with E-state index >= 15 is 0 Å². The largest absolute Gasteiger partial charge is 0.366 e. The molecule has 0 unspecified atom stereocenters. The van der Waals surface area contributed by atoms with Crippen LogP contribution in [-0.4, -0.2) is 75.0 Å². The van der Waals surface area contributed by atoms with Gasteiger partial charge < -0.3 is 20.0 Å². The molecule has 2 rings (SSSR count). The van der Waals surface area contributed by atoms with Gasteiger partial charge in [-0.3, -0.25) is 4.79 Å². The average molecular weight is 491 g/mol. The lowest BCUT2D eigenvalue weighted by molar-refractivity contribution is -0.127. The number of benzene rings is 1. The second kappa shape index (κ2) is 12.0. The first-order valence-electron chi connectivity index (χ1n) is 9.25. The van der Waals surface area contributed by atoms with E-state index in [9.17, 15) is 9.18 Å². The Morgan fingerprint density at radius 2 is 1.89 bits per heavy atom.